The second-order valence-corrected chi connectivity index (χ2v) is 10.4. The highest BCUT2D eigenvalue weighted by Gasteiger charge is 2.23. The van der Waals surface area contributed by atoms with Crippen LogP contribution in [0.4, 0.5) is 11.8 Å². The van der Waals surface area contributed by atoms with Crippen LogP contribution in [0.15, 0.2) is 30.3 Å². The summed E-state index contributed by atoms with van der Waals surface area (Å²) in [7, 11) is 3.34. The first-order chi connectivity index (χ1) is 18.6. The molecular formula is C30H41N5O3. The number of ether oxygens (including phenoxy) is 3. The fraction of sp³-hybridized carbons (Fsp3) is 0.533. The predicted octanol–water partition coefficient (Wildman–Crippen LogP) is 5.42. The Morgan fingerprint density at radius 3 is 2.34 bits per heavy atom. The number of piperidine rings is 2. The van der Waals surface area contributed by atoms with Crippen LogP contribution >= 0.6 is 0 Å². The van der Waals surface area contributed by atoms with Gasteiger partial charge in [0.1, 0.15) is 11.6 Å². The van der Waals surface area contributed by atoms with E-state index in [1.54, 1.807) is 14.2 Å². The number of fused-ring (bicyclic) bond motifs is 1. The molecule has 204 valence electrons. The van der Waals surface area contributed by atoms with E-state index >= 15 is 0 Å². The average Bonchev–Trinajstić information content (AvgIpc) is 2.95. The number of nitrogens with one attached hydrogen (secondary N) is 1. The van der Waals surface area contributed by atoms with Crippen LogP contribution in [0.2, 0.25) is 0 Å². The van der Waals surface area contributed by atoms with Gasteiger partial charge in [0, 0.05) is 50.2 Å². The van der Waals surface area contributed by atoms with E-state index in [4.69, 9.17) is 24.2 Å². The molecule has 8 heteroatoms. The molecule has 2 fully saturated rings. The van der Waals surface area contributed by atoms with Crippen molar-refractivity contribution < 1.29 is 14.2 Å². The number of aromatic nitrogens is 2. The number of aryl methyl sites for hydroxylation is 1. The van der Waals surface area contributed by atoms with Crippen LogP contribution in [0.3, 0.4) is 0 Å². The maximum Gasteiger partial charge on any atom is 0.225 e. The lowest BCUT2D eigenvalue weighted by atomic mass is 10.0. The van der Waals surface area contributed by atoms with Crippen molar-refractivity contribution in [1.29, 1.82) is 0 Å². The second kappa shape index (κ2) is 12.1. The van der Waals surface area contributed by atoms with Crippen molar-refractivity contribution in [3.63, 3.8) is 0 Å². The highest BCUT2D eigenvalue weighted by molar-refractivity contribution is 5.93. The van der Waals surface area contributed by atoms with Crippen molar-refractivity contribution in [2.24, 2.45) is 0 Å². The summed E-state index contributed by atoms with van der Waals surface area (Å²) in [5.74, 6) is 4.07. The minimum absolute atomic E-state index is 0.343. The van der Waals surface area contributed by atoms with Crippen LogP contribution in [0, 0.1) is 6.92 Å². The monoisotopic (exact) mass is 519 g/mol. The van der Waals surface area contributed by atoms with Crippen molar-refractivity contribution in [2.75, 3.05) is 57.2 Å². The van der Waals surface area contributed by atoms with Crippen molar-refractivity contribution in [3.05, 3.63) is 41.5 Å². The normalized spacial score (nSPS) is 17.0. The van der Waals surface area contributed by atoms with Crippen LogP contribution < -0.4 is 24.4 Å². The molecule has 5 rings (SSSR count). The third kappa shape index (κ3) is 5.90. The lowest BCUT2D eigenvalue weighted by Crippen LogP contribution is -2.39. The fourth-order valence-corrected chi connectivity index (χ4v) is 5.58. The minimum Gasteiger partial charge on any atom is -0.494 e. The van der Waals surface area contributed by atoms with Gasteiger partial charge in [-0.3, -0.25) is 4.90 Å². The third-order valence-electron chi connectivity index (χ3n) is 7.72. The summed E-state index contributed by atoms with van der Waals surface area (Å²) in [5.41, 5.74) is 3.37. The van der Waals surface area contributed by atoms with Gasteiger partial charge in [0.15, 0.2) is 11.5 Å². The lowest BCUT2D eigenvalue weighted by Gasteiger charge is -2.33. The molecule has 0 atom stereocenters. The van der Waals surface area contributed by atoms with E-state index < -0.39 is 0 Å². The van der Waals surface area contributed by atoms with Gasteiger partial charge in [0.05, 0.1) is 26.3 Å². The predicted molar refractivity (Wildman–Crippen MR) is 153 cm³/mol. The highest BCUT2D eigenvalue weighted by atomic mass is 16.5. The number of benzene rings is 2. The van der Waals surface area contributed by atoms with Gasteiger partial charge in [-0.25, -0.2) is 4.98 Å². The van der Waals surface area contributed by atoms with E-state index in [2.05, 4.69) is 40.2 Å². The number of methoxy groups -OCH3 is 2. The maximum absolute atomic E-state index is 5.80. The van der Waals surface area contributed by atoms with Gasteiger partial charge in [0.2, 0.25) is 5.95 Å². The topological polar surface area (TPSA) is 72.0 Å². The smallest absolute Gasteiger partial charge is 0.225 e. The first kappa shape index (κ1) is 26.4. The van der Waals surface area contributed by atoms with Gasteiger partial charge >= 0.3 is 0 Å². The summed E-state index contributed by atoms with van der Waals surface area (Å²) in [4.78, 5) is 14.9. The molecule has 38 heavy (non-hydrogen) atoms. The Hall–Kier alpha value is -3.26. The molecule has 1 aromatic heterocycles. The lowest BCUT2D eigenvalue weighted by molar-refractivity contribution is 0.210. The van der Waals surface area contributed by atoms with E-state index in [-0.39, 0.29) is 0 Å². The van der Waals surface area contributed by atoms with Gasteiger partial charge in [-0.15, -0.1) is 0 Å². The zero-order valence-corrected chi connectivity index (χ0v) is 23.3. The van der Waals surface area contributed by atoms with E-state index in [1.807, 2.05) is 19.1 Å². The molecule has 0 radical (unpaired) electrons. The van der Waals surface area contributed by atoms with E-state index in [1.165, 1.54) is 30.4 Å². The molecule has 0 amide bonds. The minimum atomic E-state index is 0.343. The summed E-state index contributed by atoms with van der Waals surface area (Å²) < 4.78 is 17.0. The Bertz CT molecular complexity index is 1240. The SMILES string of the molecule is CCOc1cc(CN2CCC(Nc3nc(N4CCCCC4)c4cc(OC)c(OC)cc4n3)CC2)ccc1C. The Kier molecular flexibility index (Phi) is 8.37. The van der Waals surface area contributed by atoms with E-state index in [0.29, 0.717) is 30.1 Å². The Labute approximate surface area is 226 Å². The Morgan fingerprint density at radius 1 is 0.895 bits per heavy atom. The molecule has 2 aliphatic heterocycles. The second-order valence-electron chi connectivity index (χ2n) is 10.4. The average molecular weight is 520 g/mol. The Morgan fingerprint density at radius 2 is 1.63 bits per heavy atom. The Balaban J connectivity index is 1.30. The van der Waals surface area contributed by atoms with Crippen molar-refractivity contribution >= 4 is 22.7 Å². The zero-order valence-electron chi connectivity index (χ0n) is 23.3. The quantitative estimate of drug-likeness (QED) is 0.402. The van der Waals surface area contributed by atoms with Gasteiger partial charge in [0.25, 0.3) is 0 Å². The summed E-state index contributed by atoms with van der Waals surface area (Å²) in [6, 6.07) is 10.9. The summed E-state index contributed by atoms with van der Waals surface area (Å²) >= 11 is 0. The van der Waals surface area contributed by atoms with E-state index in [0.717, 1.165) is 68.0 Å². The van der Waals surface area contributed by atoms with Crippen LogP contribution in [0.25, 0.3) is 10.9 Å². The number of rotatable bonds is 9. The fourth-order valence-electron chi connectivity index (χ4n) is 5.58. The van der Waals surface area contributed by atoms with Gasteiger partial charge in [-0.1, -0.05) is 12.1 Å². The molecule has 0 aliphatic carbocycles. The standard InChI is InChI=1S/C30H41N5O3/c1-5-38-26-17-22(10-9-21(26)2)20-34-15-11-23(12-16-34)31-30-32-25-19-28(37-4)27(36-3)18-24(25)29(33-30)35-13-7-6-8-14-35/h9-10,17-19,23H,5-8,11-16,20H2,1-4H3,(H,31,32,33). The zero-order chi connectivity index (χ0) is 26.5. The van der Waals surface area contributed by atoms with E-state index in [9.17, 15) is 0 Å². The molecule has 0 saturated carbocycles. The maximum atomic E-state index is 5.80. The molecule has 8 nitrogen and oxygen atoms in total. The number of hydrogen-bond acceptors (Lipinski definition) is 8. The van der Waals surface area contributed by atoms with Gasteiger partial charge in [-0.05, 0) is 69.2 Å². The number of anilines is 2. The number of likely N-dealkylation sites (tertiary alicyclic amines) is 1. The van der Waals surface area contributed by atoms with Crippen molar-refractivity contribution in [1.82, 2.24) is 14.9 Å². The first-order valence-corrected chi connectivity index (χ1v) is 14.0. The van der Waals surface area contributed by atoms with Gasteiger partial charge < -0.3 is 24.4 Å². The number of hydrogen-bond donors (Lipinski definition) is 1. The molecule has 2 aliphatic rings. The molecule has 3 aromatic rings. The largest absolute Gasteiger partial charge is 0.494 e. The first-order valence-electron chi connectivity index (χ1n) is 14.0. The molecular weight excluding hydrogens is 478 g/mol. The van der Waals surface area contributed by atoms with Gasteiger partial charge in [-0.2, -0.15) is 4.98 Å². The number of nitrogens with zero attached hydrogens (tertiary/aromatic N) is 4. The molecule has 3 heterocycles. The molecule has 2 aromatic carbocycles. The summed E-state index contributed by atoms with van der Waals surface area (Å²) in [6.07, 6.45) is 5.75. The van der Waals surface area contributed by atoms with Crippen molar-refractivity contribution in [3.8, 4) is 17.2 Å². The third-order valence-corrected chi connectivity index (χ3v) is 7.72. The molecule has 0 spiro atoms. The van der Waals surface area contributed by atoms with Crippen LogP contribution in [0.5, 0.6) is 17.2 Å². The molecule has 0 unspecified atom stereocenters. The van der Waals surface area contributed by atoms with Crippen molar-refractivity contribution in [2.45, 2.75) is 58.5 Å². The van der Waals surface area contributed by atoms with Crippen LogP contribution in [0.1, 0.15) is 50.2 Å². The molecule has 0 bridgehead atoms. The van der Waals surface area contributed by atoms with Crippen LogP contribution in [-0.2, 0) is 6.54 Å². The molecule has 1 N–H and O–H groups in total. The molecule has 2 saturated heterocycles. The van der Waals surface area contributed by atoms with Crippen LogP contribution in [-0.4, -0.2) is 67.9 Å². The summed E-state index contributed by atoms with van der Waals surface area (Å²) in [6.45, 7) is 9.87. The highest BCUT2D eigenvalue weighted by Crippen LogP contribution is 2.36. The summed E-state index contributed by atoms with van der Waals surface area (Å²) in [5, 5.41) is 4.68.